The summed E-state index contributed by atoms with van der Waals surface area (Å²) in [6.45, 7) is 3.45. The third kappa shape index (κ3) is 3.54. The fraction of sp³-hybridized carbons (Fsp3) is 0.360. The maximum absolute atomic E-state index is 6.52. The fourth-order valence-corrected chi connectivity index (χ4v) is 4.51. The Morgan fingerprint density at radius 3 is 2.87 bits per heavy atom. The quantitative estimate of drug-likeness (QED) is 0.820. The Morgan fingerprint density at radius 2 is 1.97 bits per heavy atom. The van der Waals surface area contributed by atoms with Gasteiger partial charge >= 0.3 is 0 Å². The molecular weight excluding hydrogens is 374 g/mol. The molecule has 0 amide bonds. The highest BCUT2D eigenvalue weighted by molar-refractivity contribution is 5.92. The summed E-state index contributed by atoms with van der Waals surface area (Å²) in [5, 5.41) is 3.50. The number of nitrogens with one attached hydrogen (secondary N) is 1. The smallest absolute Gasteiger partial charge is 0.142 e. The van der Waals surface area contributed by atoms with E-state index in [4.69, 9.17) is 9.47 Å². The number of allylic oxidation sites excluding steroid dienone is 2. The van der Waals surface area contributed by atoms with E-state index in [0.717, 1.165) is 49.7 Å². The van der Waals surface area contributed by atoms with E-state index in [1.54, 1.807) is 0 Å². The summed E-state index contributed by atoms with van der Waals surface area (Å²) in [6, 6.07) is 14.6. The highest BCUT2D eigenvalue weighted by Crippen LogP contribution is 2.46. The lowest BCUT2D eigenvalue weighted by atomic mass is 9.88. The number of benzene rings is 2. The summed E-state index contributed by atoms with van der Waals surface area (Å²) in [4.78, 5) is 4.58. The molecule has 2 aromatic rings. The number of hydrogen-bond acceptors (Lipinski definition) is 5. The molecule has 1 unspecified atom stereocenters. The summed E-state index contributed by atoms with van der Waals surface area (Å²) < 4.78 is 12.8. The normalized spacial score (nSPS) is 19.4. The van der Waals surface area contributed by atoms with Crippen molar-refractivity contribution in [1.29, 1.82) is 0 Å². The maximum atomic E-state index is 6.52. The number of ether oxygens (including phenoxy) is 2. The van der Waals surface area contributed by atoms with Crippen LogP contribution >= 0.6 is 0 Å². The summed E-state index contributed by atoms with van der Waals surface area (Å²) >= 11 is 0. The number of hydrogen-bond donors (Lipinski definition) is 1. The first kappa shape index (κ1) is 19.1. The monoisotopic (exact) mass is 403 g/mol. The second-order valence-electron chi connectivity index (χ2n) is 8.36. The lowest BCUT2D eigenvalue weighted by Crippen LogP contribution is -2.32. The van der Waals surface area contributed by atoms with Crippen LogP contribution in [0.15, 0.2) is 60.3 Å². The summed E-state index contributed by atoms with van der Waals surface area (Å²) in [6.07, 6.45) is 6.52. The van der Waals surface area contributed by atoms with E-state index in [0.29, 0.717) is 6.61 Å². The van der Waals surface area contributed by atoms with E-state index in [-0.39, 0.29) is 6.10 Å². The molecule has 30 heavy (non-hydrogen) atoms. The highest BCUT2D eigenvalue weighted by Gasteiger charge is 2.33. The third-order valence-corrected chi connectivity index (χ3v) is 6.00. The highest BCUT2D eigenvalue weighted by atomic mass is 16.5. The van der Waals surface area contributed by atoms with Crippen molar-refractivity contribution in [2.45, 2.75) is 18.9 Å². The molecule has 5 rings (SSSR count). The van der Waals surface area contributed by atoms with Crippen LogP contribution in [0.5, 0.6) is 11.5 Å². The van der Waals surface area contributed by atoms with Gasteiger partial charge in [0.15, 0.2) is 0 Å². The summed E-state index contributed by atoms with van der Waals surface area (Å²) in [5.74, 6) is 1.88. The van der Waals surface area contributed by atoms with E-state index in [1.807, 2.05) is 18.2 Å². The molecule has 5 nitrogen and oxygen atoms in total. The van der Waals surface area contributed by atoms with Gasteiger partial charge < -0.3 is 24.6 Å². The zero-order valence-corrected chi connectivity index (χ0v) is 17.7. The Hall–Kier alpha value is -2.92. The molecule has 2 aromatic carbocycles. The molecule has 0 radical (unpaired) electrons. The van der Waals surface area contributed by atoms with E-state index >= 15 is 0 Å². The van der Waals surface area contributed by atoms with Crippen LogP contribution in [0, 0.1) is 0 Å². The second-order valence-corrected chi connectivity index (χ2v) is 8.36. The Balaban J connectivity index is 1.49. The SMILES string of the molecule is CN(C)CCCN1C=CC2=C3COc4ccccc4NCCC3Oc3cccc1c32. The maximum Gasteiger partial charge on any atom is 0.142 e. The second kappa shape index (κ2) is 8.07. The molecule has 3 aliphatic heterocycles. The van der Waals surface area contributed by atoms with Crippen LogP contribution in [0.3, 0.4) is 0 Å². The van der Waals surface area contributed by atoms with Gasteiger partial charge in [-0.05, 0) is 63.0 Å². The van der Waals surface area contributed by atoms with Crippen LogP contribution in [0.4, 0.5) is 11.4 Å². The Morgan fingerprint density at radius 1 is 1.10 bits per heavy atom. The van der Waals surface area contributed by atoms with Crippen LogP contribution in [-0.2, 0) is 0 Å². The van der Waals surface area contributed by atoms with Gasteiger partial charge in [0.2, 0.25) is 0 Å². The van der Waals surface area contributed by atoms with Gasteiger partial charge in [-0.25, -0.2) is 0 Å². The molecule has 0 saturated heterocycles. The minimum absolute atomic E-state index is 0.0227. The molecule has 0 aromatic heterocycles. The van der Waals surface area contributed by atoms with Crippen molar-refractivity contribution in [3.63, 3.8) is 0 Å². The lowest BCUT2D eigenvalue weighted by Gasteiger charge is -2.36. The first-order valence-electron chi connectivity index (χ1n) is 10.8. The van der Waals surface area contributed by atoms with Crippen LogP contribution in [0.25, 0.3) is 5.57 Å². The lowest BCUT2D eigenvalue weighted by molar-refractivity contribution is 0.207. The number of anilines is 2. The molecule has 156 valence electrons. The zero-order valence-electron chi connectivity index (χ0n) is 17.7. The van der Waals surface area contributed by atoms with Gasteiger partial charge in [0.1, 0.15) is 24.2 Å². The van der Waals surface area contributed by atoms with Gasteiger partial charge in [0, 0.05) is 36.8 Å². The molecule has 0 spiro atoms. The first-order chi connectivity index (χ1) is 14.7. The number of para-hydroxylation sites is 2. The van der Waals surface area contributed by atoms with Gasteiger partial charge in [-0.3, -0.25) is 0 Å². The fourth-order valence-electron chi connectivity index (χ4n) is 4.51. The molecule has 0 saturated carbocycles. The van der Waals surface area contributed by atoms with Crippen LogP contribution in [0.1, 0.15) is 18.4 Å². The molecule has 1 N–H and O–H groups in total. The van der Waals surface area contributed by atoms with Gasteiger partial charge in [0.25, 0.3) is 0 Å². The average Bonchev–Trinajstić information content (AvgIpc) is 2.83. The molecule has 3 aliphatic rings. The van der Waals surface area contributed by atoms with Crippen molar-refractivity contribution in [3.8, 4) is 11.5 Å². The van der Waals surface area contributed by atoms with Crippen LogP contribution < -0.4 is 19.7 Å². The van der Waals surface area contributed by atoms with Crippen molar-refractivity contribution in [3.05, 3.63) is 65.9 Å². The van der Waals surface area contributed by atoms with E-state index in [2.05, 4.69) is 65.8 Å². The van der Waals surface area contributed by atoms with Crippen LogP contribution in [0.2, 0.25) is 0 Å². The topological polar surface area (TPSA) is 37.0 Å². The Bertz CT molecular complexity index is 996. The predicted molar refractivity (Wildman–Crippen MR) is 122 cm³/mol. The van der Waals surface area contributed by atoms with Crippen molar-refractivity contribution >= 4 is 16.9 Å². The van der Waals surface area contributed by atoms with Gasteiger partial charge in [-0.15, -0.1) is 0 Å². The molecule has 1 atom stereocenters. The molecule has 0 fully saturated rings. The van der Waals surface area contributed by atoms with Gasteiger partial charge in [-0.1, -0.05) is 18.2 Å². The first-order valence-corrected chi connectivity index (χ1v) is 10.8. The van der Waals surface area contributed by atoms with E-state index in [1.165, 1.54) is 22.4 Å². The number of rotatable bonds is 4. The largest absolute Gasteiger partial charge is 0.487 e. The average molecular weight is 404 g/mol. The standard InChI is InChI=1S/C25H29N3O2/c1-27(2)14-6-15-28-16-12-18-19-17-29-23-9-4-3-7-20(23)26-13-11-22(19)30-24-10-5-8-21(28)25(18)24/h3-5,7-10,12,16,22,26H,6,11,13-15,17H2,1-2H3. The minimum Gasteiger partial charge on any atom is -0.487 e. The van der Waals surface area contributed by atoms with Crippen LogP contribution in [-0.4, -0.2) is 51.3 Å². The molecule has 0 aliphatic carbocycles. The summed E-state index contributed by atoms with van der Waals surface area (Å²) in [7, 11) is 4.24. The Labute approximate surface area is 178 Å². The van der Waals surface area contributed by atoms with Crippen molar-refractivity contribution in [2.75, 3.05) is 50.6 Å². The Kier molecular flexibility index (Phi) is 5.13. The predicted octanol–water partition coefficient (Wildman–Crippen LogP) is 4.38. The van der Waals surface area contributed by atoms with E-state index in [9.17, 15) is 0 Å². The zero-order chi connectivity index (χ0) is 20.5. The third-order valence-electron chi connectivity index (χ3n) is 6.00. The van der Waals surface area contributed by atoms with E-state index < -0.39 is 0 Å². The van der Waals surface area contributed by atoms with Crippen molar-refractivity contribution in [1.82, 2.24) is 4.90 Å². The van der Waals surface area contributed by atoms with Crippen molar-refractivity contribution < 1.29 is 9.47 Å². The van der Waals surface area contributed by atoms with Crippen molar-refractivity contribution in [2.24, 2.45) is 0 Å². The summed E-state index contributed by atoms with van der Waals surface area (Å²) in [5.41, 5.74) is 5.98. The molecule has 5 heteroatoms. The molecule has 0 bridgehead atoms. The van der Waals surface area contributed by atoms with Gasteiger partial charge in [0.05, 0.1) is 11.4 Å². The molecule has 3 heterocycles. The minimum atomic E-state index is 0.0227. The van der Waals surface area contributed by atoms with Gasteiger partial charge in [-0.2, -0.15) is 0 Å². The molecular formula is C25H29N3O2. The number of fused-ring (bicyclic) bond motifs is 2. The number of nitrogens with zero attached hydrogens (tertiary/aromatic N) is 2.